The maximum absolute atomic E-state index is 11.9. The van der Waals surface area contributed by atoms with E-state index in [4.69, 9.17) is 26.4 Å². The molecule has 2 aromatic carbocycles. The Labute approximate surface area is 176 Å². The number of nitrogens with one attached hydrogen (secondary N) is 3. The first-order valence-electron chi connectivity index (χ1n) is 8.92. The van der Waals surface area contributed by atoms with Gasteiger partial charge in [-0.05, 0) is 60.1 Å². The number of carbonyl (C=O) groups excluding carboxylic acids is 1. The summed E-state index contributed by atoms with van der Waals surface area (Å²) < 4.78 is 15.6. The van der Waals surface area contributed by atoms with Crippen LogP contribution in [-0.2, 0) is 11.2 Å². The van der Waals surface area contributed by atoms with E-state index in [1.165, 1.54) is 6.08 Å². The number of hydrogen-bond acceptors (Lipinski definition) is 5. The van der Waals surface area contributed by atoms with Gasteiger partial charge in [0.15, 0.2) is 16.6 Å². The molecule has 0 radical (unpaired) electrons. The predicted molar refractivity (Wildman–Crippen MR) is 117 cm³/mol. The van der Waals surface area contributed by atoms with Crippen molar-refractivity contribution in [1.82, 2.24) is 16.2 Å². The second-order valence-electron chi connectivity index (χ2n) is 5.92. The Balaban J connectivity index is 1.71. The minimum absolute atomic E-state index is 0.315. The predicted octanol–water partition coefficient (Wildman–Crippen LogP) is 2.46. The first-order valence-corrected chi connectivity index (χ1v) is 9.33. The van der Waals surface area contributed by atoms with Crippen molar-refractivity contribution in [3.8, 4) is 17.2 Å². The summed E-state index contributed by atoms with van der Waals surface area (Å²) in [7, 11) is 4.81. The zero-order valence-electron chi connectivity index (χ0n) is 16.7. The number of hydrazine groups is 1. The van der Waals surface area contributed by atoms with E-state index in [0.717, 1.165) is 23.3 Å². The zero-order valence-corrected chi connectivity index (χ0v) is 17.5. The summed E-state index contributed by atoms with van der Waals surface area (Å²) in [4.78, 5) is 11.9. The molecule has 0 heterocycles. The van der Waals surface area contributed by atoms with Gasteiger partial charge in [-0.1, -0.05) is 18.2 Å². The van der Waals surface area contributed by atoms with Crippen LogP contribution in [0, 0.1) is 0 Å². The molecule has 0 aromatic heterocycles. The normalized spacial score (nSPS) is 10.3. The lowest BCUT2D eigenvalue weighted by atomic mass is 10.1. The third-order valence-corrected chi connectivity index (χ3v) is 4.24. The van der Waals surface area contributed by atoms with Gasteiger partial charge in [0.05, 0.1) is 21.3 Å². The second kappa shape index (κ2) is 11.6. The fourth-order valence-electron chi connectivity index (χ4n) is 2.45. The van der Waals surface area contributed by atoms with E-state index in [0.29, 0.717) is 23.2 Å². The molecule has 0 fully saturated rings. The van der Waals surface area contributed by atoms with Crippen molar-refractivity contribution in [2.45, 2.75) is 6.42 Å². The van der Waals surface area contributed by atoms with Crippen molar-refractivity contribution >= 4 is 29.3 Å². The highest BCUT2D eigenvalue weighted by Crippen LogP contribution is 2.27. The van der Waals surface area contributed by atoms with Gasteiger partial charge >= 0.3 is 0 Å². The fourth-order valence-corrected chi connectivity index (χ4v) is 2.60. The molecule has 3 N–H and O–H groups in total. The molecule has 0 saturated heterocycles. The molecule has 2 aromatic rings. The van der Waals surface area contributed by atoms with Crippen LogP contribution in [0.25, 0.3) is 6.08 Å². The molecule has 0 saturated carbocycles. The Morgan fingerprint density at radius 3 is 2.34 bits per heavy atom. The van der Waals surface area contributed by atoms with Crippen molar-refractivity contribution in [2.75, 3.05) is 27.9 Å². The van der Waals surface area contributed by atoms with Gasteiger partial charge in [0, 0.05) is 12.6 Å². The number of methoxy groups -OCH3 is 3. The molecular formula is C21H25N3O4S. The topological polar surface area (TPSA) is 80.9 Å². The van der Waals surface area contributed by atoms with Crippen molar-refractivity contribution in [2.24, 2.45) is 0 Å². The summed E-state index contributed by atoms with van der Waals surface area (Å²) in [5.41, 5.74) is 7.14. The maximum Gasteiger partial charge on any atom is 0.262 e. The van der Waals surface area contributed by atoms with E-state index < -0.39 is 0 Å². The van der Waals surface area contributed by atoms with E-state index in [-0.39, 0.29) is 5.91 Å². The molecule has 0 aliphatic heterocycles. The number of amides is 1. The smallest absolute Gasteiger partial charge is 0.262 e. The van der Waals surface area contributed by atoms with Crippen LogP contribution in [-0.4, -0.2) is 38.9 Å². The lowest BCUT2D eigenvalue weighted by Gasteiger charge is -2.12. The summed E-state index contributed by atoms with van der Waals surface area (Å²) in [6, 6.07) is 13.1. The lowest BCUT2D eigenvalue weighted by molar-refractivity contribution is -0.116. The third-order valence-electron chi connectivity index (χ3n) is 3.99. The monoisotopic (exact) mass is 415 g/mol. The van der Waals surface area contributed by atoms with E-state index >= 15 is 0 Å². The van der Waals surface area contributed by atoms with Gasteiger partial charge in [-0.25, -0.2) is 0 Å². The summed E-state index contributed by atoms with van der Waals surface area (Å²) in [5, 5.41) is 3.36. The SMILES string of the molecule is COc1ccc(/C=C/C(=O)NNC(=S)NCCc2ccc(OC)c(OC)c2)cc1. The van der Waals surface area contributed by atoms with Crippen LogP contribution >= 0.6 is 12.2 Å². The van der Waals surface area contributed by atoms with E-state index in [1.807, 2.05) is 42.5 Å². The minimum Gasteiger partial charge on any atom is -0.497 e. The van der Waals surface area contributed by atoms with E-state index in [1.54, 1.807) is 27.4 Å². The van der Waals surface area contributed by atoms with Crippen LogP contribution < -0.4 is 30.4 Å². The maximum atomic E-state index is 11.9. The van der Waals surface area contributed by atoms with E-state index in [2.05, 4.69) is 16.2 Å². The first kappa shape index (κ1) is 22.0. The average molecular weight is 416 g/mol. The summed E-state index contributed by atoms with van der Waals surface area (Å²) in [5.74, 6) is 1.82. The molecule has 8 heteroatoms. The van der Waals surface area contributed by atoms with Gasteiger partial charge < -0.3 is 19.5 Å². The van der Waals surface area contributed by atoms with Crippen molar-refractivity contribution < 1.29 is 19.0 Å². The Morgan fingerprint density at radius 2 is 1.69 bits per heavy atom. The quantitative estimate of drug-likeness (QED) is 0.347. The fraction of sp³-hybridized carbons (Fsp3) is 0.238. The highest BCUT2D eigenvalue weighted by Gasteiger charge is 2.05. The summed E-state index contributed by atoms with van der Waals surface area (Å²) in [6.07, 6.45) is 3.85. The molecule has 29 heavy (non-hydrogen) atoms. The molecule has 0 unspecified atom stereocenters. The van der Waals surface area contributed by atoms with Crippen LogP contribution in [0.4, 0.5) is 0 Å². The molecule has 2 rings (SSSR count). The number of benzene rings is 2. The number of thiocarbonyl (C=S) groups is 1. The molecule has 0 spiro atoms. The molecule has 0 atom stereocenters. The molecule has 7 nitrogen and oxygen atoms in total. The molecule has 0 aliphatic carbocycles. The molecular weight excluding hydrogens is 390 g/mol. The van der Waals surface area contributed by atoms with Crippen LogP contribution in [0.3, 0.4) is 0 Å². The van der Waals surface area contributed by atoms with Gasteiger partial charge in [-0.3, -0.25) is 15.6 Å². The number of carbonyl (C=O) groups is 1. The standard InChI is InChI=1S/C21H25N3O4S/c1-26-17-8-4-15(5-9-17)7-11-20(25)23-24-21(29)22-13-12-16-6-10-18(27-2)19(14-16)28-3/h4-11,14H,12-13H2,1-3H3,(H,23,25)(H2,22,24,29)/b11-7+. The largest absolute Gasteiger partial charge is 0.497 e. The number of ether oxygens (including phenoxy) is 3. The number of rotatable bonds is 8. The molecule has 0 bridgehead atoms. The van der Waals surface area contributed by atoms with Crippen molar-refractivity contribution in [1.29, 1.82) is 0 Å². The Hall–Kier alpha value is -3.26. The number of hydrogen-bond donors (Lipinski definition) is 3. The first-order chi connectivity index (χ1) is 14.0. The van der Waals surface area contributed by atoms with Crippen LogP contribution in [0.15, 0.2) is 48.5 Å². The van der Waals surface area contributed by atoms with Crippen LogP contribution in [0.2, 0.25) is 0 Å². The molecule has 1 amide bonds. The van der Waals surface area contributed by atoms with E-state index in [9.17, 15) is 4.79 Å². The second-order valence-corrected chi connectivity index (χ2v) is 6.32. The Bertz CT molecular complexity index is 854. The van der Waals surface area contributed by atoms with Gasteiger partial charge in [-0.2, -0.15) is 0 Å². The van der Waals surface area contributed by atoms with Gasteiger partial charge in [0.1, 0.15) is 5.75 Å². The lowest BCUT2D eigenvalue weighted by Crippen LogP contribution is -2.46. The van der Waals surface area contributed by atoms with Crippen molar-refractivity contribution in [3.05, 3.63) is 59.7 Å². The van der Waals surface area contributed by atoms with Gasteiger partial charge in [-0.15, -0.1) is 0 Å². The highest BCUT2D eigenvalue weighted by atomic mass is 32.1. The van der Waals surface area contributed by atoms with Gasteiger partial charge in [0.2, 0.25) is 0 Å². The minimum atomic E-state index is -0.315. The Kier molecular flexibility index (Phi) is 8.78. The summed E-state index contributed by atoms with van der Waals surface area (Å²) in [6.45, 7) is 0.596. The summed E-state index contributed by atoms with van der Waals surface area (Å²) >= 11 is 5.16. The van der Waals surface area contributed by atoms with Crippen LogP contribution in [0.5, 0.6) is 17.2 Å². The molecule has 154 valence electrons. The molecule has 0 aliphatic rings. The average Bonchev–Trinajstić information content (AvgIpc) is 2.76. The third kappa shape index (κ3) is 7.34. The van der Waals surface area contributed by atoms with Crippen LogP contribution in [0.1, 0.15) is 11.1 Å². The van der Waals surface area contributed by atoms with Crippen molar-refractivity contribution in [3.63, 3.8) is 0 Å². The Morgan fingerprint density at radius 1 is 0.966 bits per heavy atom. The zero-order chi connectivity index (χ0) is 21.1. The highest BCUT2D eigenvalue weighted by molar-refractivity contribution is 7.80. The van der Waals surface area contributed by atoms with Gasteiger partial charge in [0.25, 0.3) is 5.91 Å².